The molecule has 0 spiro atoms. The summed E-state index contributed by atoms with van der Waals surface area (Å²) in [5.41, 5.74) is -0.129. The van der Waals surface area contributed by atoms with Gasteiger partial charge in [-0.3, -0.25) is 9.59 Å². The van der Waals surface area contributed by atoms with E-state index in [0.29, 0.717) is 24.6 Å². The van der Waals surface area contributed by atoms with E-state index in [9.17, 15) is 9.59 Å². The van der Waals surface area contributed by atoms with Crippen molar-refractivity contribution in [2.24, 2.45) is 0 Å². The van der Waals surface area contributed by atoms with E-state index in [1.54, 1.807) is 0 Å². The molecule has 0 aromatic rings. The number of ether oxygens (including phenoxy) is 3. The summed E-state index contributed by atoms with van der Waals surface area (Å²) in [6.45, 7) is 12.0. The summed E-state index contributed by atoms with van der Waals surface area (Å²) in [7, 11) is 0. The van der Waals surface area contributed by atoms with E-state index in [0.717, 1.165) is 0 Å². The zero-order chi connectivity index (χ0) is 19.1. The predicted octanol–water partition coefficient (Wildman–Crippen LogP) is 2.07. The zero-order valence-electron chi connectivity index (χ0n) is 16.4. The van der Waals surface area contributed by atoms with Crippen molar-refractivity contribution in [3.05, 3.63) is 23.6 Å². The maximum absolute atomic E-state index is 11.3. The van der Waals surface area contributed by atoms with E-state index in [1.165, 1.54) is 13.8 Å². The Morgan fingerprint density at radius 2 is 1.81 bits per heavy atom. The molecule has 0 radical (unpaired) electrons. The SMILES string of the molecule is CCOC1=C(COC(C)=O)NC(CNC(C)(C)C)(COC(C)=O)C=C1.Cl. The van der Waals surface area contributed by atoms with Crippen LogP contribution in [0.15, 0.2) is 23.6 Å². The molecule has 8 heteroatoms. The van der Waals surface area contributed by atoms with Crippen LogP contribution in [0.4, 0.5) is 0 Å². The molecule has 150 valence electrons. The maximum Gasteiger partial charge on any atom is 0.303 e. The lowest BCUT2D eigenvalue weighted by Gasteiger charge is -2.38. The molecule has 0 saturated carbocycles. The highest BCUT2D eigenvalue weighted by molar-refractivity contribution is 5.85. The highest BCUT2D eigenvalue weighted by Gasteiger charge is 2.34. The molecular formula is C18H31ClN2O5. The lowest BCUT2D eigenvalue weighted by atomic mass is 9.94. The summed E-state index contributed by atoms with van der Waals surface area (Å²) in [4.78, 5) is 22.5. The molecular weight excluding hydrogens is 360 g/mol. The normalized spacial score (nSPS) is 19.3. The number of allylic oxidation sites excluding steroid dienone is 1. The van der Waals surface area contributed by atoms with Crippen molar-refractivity contribution < 1.29 is 23.8 Å². The van der Waals surface area contributed by atoms with Gasteiger partial charge in [-0.05, 0) is 33.8 Å². The monoisotopic (exact) mass is 390 g/mol. The molecule has 0 bridgehead atoms. The van der Waals surface area contributed by atoms with Gasteiger partial charge in [0.05, 0.1) is 12.3 Å². The summed E-state index contributed by atoms with van der Waals surface area (Å²) in [6.07, 6.45) is 3.74. The van der Waals surface area contributed by atoms with E-state index >= 15 is 0 Å². The lowest BCUT2D eigenvalue weighted by Crippen LogP contribution is -2.58. The molecule has 0 aromatic carbocycles. The lowest BCUT2D eigenvalue weighted by molar-refractivity contribution is -0.142. The summed E-state index contributed by atoms with van der Waals surface area (Å²) in [6, 6.07) is 0. The fourth-order valence-electron chi connectivity index (χ4n) is 2.20. The molecule has 1 aliphatic rings. The van der Waals surface area contributed by atoms with Crippen LogP contribution in [0.25, 0.3) is 0 Å². The molecule has 0 amide bonds. The van der Waals surface area contributed by atoms with E-state index in [2.05, 4.69) is 31.4 Å². The first kappa shape index (κ1) is 24.3. The molecule has 0 aromatic heterocycles. The summed E-state index contributed by atoms with van der Waals surface area (Å²) < 4.78 is 16.0. The van der Waals surface area contributed by atoms with E-state index in [1.807, 2.05) is 19.1 Å². The molecule has 1 rings (SSSR count). The van der Waals surface area contributed by atoms with Crippen molar-refractivity contribution in [1.82, 2.24) is 10.6 Å². The highest BCUT2D eigenvalue weighted by atomic mass is 35.5. The number of rotatable bonds is 8. The molecule has 1 atom stereocenters. The van der Waals surface area contributed by atoms with Crippen LogP contribution in [0.1, 0.15) is 41.5 Å². The van der Waals surface area contributed by atoms with Crippen LogP contribution < -0.4 is 10.6 Å². The Hall–Kier alpha value is -1.73. The van der Waals surface area contributed by atoms with Gasteiger partial charge >= 0.3 is 11.9 Å². The molecule has 2 N–H and O–H groups in total. The van der Waals surface area contributed by atoms with E-state index in [4.69, 9.17) is 14.2 Å². The predicted molar refractivity (Wildman–Crippen MR) is 102 cm³/mol. The Bertz CT molecular complexity index is 554. The quantitative estimate of drug-likeness (QED) is 0.613. The van der Waals surface area contributed by atoms with E-state index in [-0.39, 0.29) is 43.1 Å². The van der Waals surface area contributed by atoms with Gasteiger partial charge in [0, 0.05) is 25.9 Å². The van der Waals surface area contributed by atoms with Crippen LogP contribution in [0, 0.1) is 0 Å². The first-order valence-electron chi connectivity index (χ1n) is 8.42. The Balaban J connectivity index is 0.00000625. The largest absolute Gasteiger partial charge is 0.492 e. The summed E-state index contributed by atoms with van der Waals surface area (Å²) in [5, 5.41) is 6.75. The third-order valence-corrected chi connectivity index (χ3v) is 3.44. The van der Waals surface area contributed by atoms with Crippen LogP contribution in [-0.4, -0.2) is 49.4 Å². The van der Waals surface area contributed by atoms with Crippen LogP contribution in [-0.2, 0) is 23.8 Å². The average molecular weight is 391 g/mol. The number of esters is 2. The van der Waals surface area contributed by atoms with E-state index < -0.39 is 5.54 Å². The van der Waals surface area contributed by atoms with Gasteiger partial charge in [-0.1, -0.05) is 6.08 Å². The van der Waals surface area contributed by atoms with Crippen molar-refractivity contribution in [1.29, 1.82) is 0 Å². The van der Waals surface area contributed by atoms with Crippen molar-refractivity contribution in [2.75, 3.05) is 26.4 Å². The fourth-order valence-corrected chi connectivity index (χ4v) is 2.20. The molecule has 26 heavy (non-hydrogen) atoms. The summed E-state index contributed by atoms with van der Waals surface area (Å²) >= 11 is 0. The molecule has 0 saturated heterocycles. The first-order chi connectivity index (χ1) is 11.6. The minimum Gasteiger partial charge on any atom is -0.492 e. The Labute approximate surface area is 161 Å². The second kappa shape index (κ2) is 10.4. The molecule has 1 unspecified atom stereocenters. The Kier molecular flexibility index (Phi) is 9.73. The number of hydrogen-bond acceptors (Lipinski definition) is 7. The Morgan fingerprint density at radius 1 is 1.19 bits per heavy atom. The topological polar surface area (TPSA) is 85.9 Å². The molecule has 1 heterocycles. The smallest absolute Gasteiger partial charge is 0.303 e. The summed E-state index contributed by atoms with van der Waals surface area (Å²) in [5.74, 6) is -0.123. The van der Waals surface area contributed by atoms with Gasteiger partial charge in [0.15, 0.2) is 0 Å². The average Bonchev–Trinajstić information content (AvgIpc) is 2.50. The van der Waals surface area contributed by atoms with Gasteiger partial charge in [-0.25, -0.2) is 0 Å². The second-order valence-corrected chi connectivity index (χ2v) is 7.05. The van der Waals surface area contributed by atoms with Gasteiger partial charge in [0.25, 0.3) is 0 Å². The minimum absolute atomic E-state index is 0. The van der Waals surface area contributed by atoms with Crippen molar-refractivity contribution >= 4 is 24.3 Å². The highest BCUT2D eigenvalue weighted by Crippen LogP contribution is 2.22. The van der Waals surface area contributed by atoms with Gasteiger partial charge in [-0.15, -0.1) is 12.4 Å². The third-order valence-electron chi connectivity index (χ3n) is 3.44. The van der Waals surface area contributed by atoms with Crippen LogP contribution >= 0.6 is 12.4 Å². The number of carbonyl (C=O) groups is 2. The standard InChI is InChI=1S/C18H30N2O5.ClH/c1-7-23-16-8-9-18(12-25-14(3)22,11-19-17(4,5)6)20-15(16)10-24-13(2)21;/h8-9,19-20H,7,10-12H2,1-6H3;1H. The number of nitrogens with one attached hydrogen (secondary N) is 2. The third kappa shape index (κ3) is 8.58. The Morgan fingerprint density at radius 3 is 2.31 bits per heavy atom. The number of carbonyl (C=O) groups excluding carboxylic acids is 2. The second-order valence-electron chi connectivity index (χ2n) is 7.05. The zero-order valence-corrected chi connectivity index (χ0v) is 17.2. The first-order valence-corrected chi connectivity index (χ1v) is 8.42. The number of hydrogen-bond donors (Lipinski definition) is 2. The van der Waals surface area contributed by atoms with Gasteiger partial charge in [0.2, 0.25) is 0 Å². The van der Waals surface area contributed by atoms with Crippen molar-refractivity contribution in [2.45, 2.75) is 52.6 Å². The van der Waals surface area contributed by atoms with Gasteiger partial charge in [0.1, 0.15) is 24.5 Å². The van der Waals surface area contributed by atoms with Crippen LogP contribution in [0.3, 0.4) is 0 Å². The fraction of sp³-hybridized carbons (Fsp3) is 0.667. The van der Waals surface area contributed by atoms with Crippen LogP contribution in [0.2, 0.25) is 0 Å². The van der Waals surface area contributed by atoms with Crippen LogP contribution in [0.5, 0.6) is 0 Å². The molecule has 7 nitrogen and oxygen atoms in total. The molecule has 0 aliphatic carbocycles. The van der Waals surface area contributed by atoms with Gasteiger partial charge in [-0.2, -0.15) is 0 Å². The van der Waals surface area contributed by atoms with Crippen molar-refractivity contribution in [3.63, 3.8) is 0 Å². The maximum atomic E-state index is 11.3. The number of dihydropyridines is 1. The van der Waals surface area contributed by atoms with Gasteiger partial charge < -0.3 is 24.8 Å². The van der Waals surface area contributed by atoms with Crippen molar-refractivity contribution in [3.8, 4) is 0 Å². The molecule has 0 fully saturated rings. The number of halogens is 1. The minimum atomic E-state index is -0.658. The molecule has 1 aliphatic heterocycles.